The number of amides is 1. The Balaban J connectivity index is 1.40. The standard InChI is InChI=1S/C25H24ClN5O/c1-15-11-22(17-5-3-7-20(26)12-17)30-24(27-15)19-6-4-10-31(14-19)25(32)18-8-9-21-23(13-18)29-16(2)28-21/h3,5,7-9,11-13,19H,4,6,10,14H2,1-2H3,(H,28,29)/t19-/m0/s1. The van der Waals surface area contributed by atoms with Gasteiger partial charge in [-0.05, 0) is 63.1 Å². The van der Waals surface area contributed by atoms with Crippen molar-refractivity contribution >= 4 is 28.5 Å². The number of likely N-dealkylation sites (tertiary alicyclic amines) is 1. The predicted octanol–water partition coefficient (Wildman–Crippen LogP) is 5.31. The fourth-order valence-electron chi connectivity index (χ4n) is 4.39. The van der Waals surface area contributed by atoms with Crippen LogP contribution in [0.15, 0.2) is 48.5 Å². The van der Waals surface area contributed by atoms with Crippen molar-refractivity contribution in [3.8, 4) is 11.3 Å². The van der Waals surface area contributed by atoms with Crippen LogP contribution in [0.5, 0.6) is 0 Å². The van der Waals surface area contributed by atoms with Crippen LogP contribution in [0, 0.1) is 13.8 Å². The third-order valence-electron chi connectivity index (χ3n) is 5.91. The van der Waals surface area contributed by atoms with E-state index in [0.717, 1.165) is 59.0 Å². The molecule has 5 rings (SSSR count). The summed E-state index contributed by atoms with van der Waals surface area (Å²) in [5.74, 6) is 1.77. The number of aromatic amines is 1. The van der Waals surface area contributed by atoms with Crippen molar-refractivity contribution in [2.75, 3.05) is 13.1 Å². The Kier molecular flexibility index (Phi) is 5.39. The zero-order valence-corrected chi connectivity index (χ0v) is 18.9. The number of rotatable bonds is 3. The molecule has 1 aliphatic heterocycles. The Bertz CT molecular complexity index is 1310. The Morgan fingerprint density at radius 1 is 1.09 bits per heavy atom. The highest BCUT2D eigenvalue weighted by molar-refractivity contribution is 6.30. The SMILES string of the molecule is Cc1cc(-c2cccc(Cl)c2)nc([C@H]2CCCN(C(=O)c3ccc4nc(C)[nH]c4c3)C2)n1. The quantitative estimate of drug-likeness (QED) is 0.463. The number of carbonyl (C=O) groups excluding carboxylic acids is 1. The third kappa shape index (κ3) is 4.10. The molecule has 32 heavy (non-hydrogen) atoms. The van der Waals surface area contributed by atoms with Gasteiger partial charge in [-0.25, -0.2) is 15.0 Å². The third-order valence-corrected chi connectivity index (χ3v) is 6.15. The van der Waals surface area contributed by atoms with Crippen molar-refractivity contribution in [3.05, 3.63) is 76.5 Å². The summed E-state index contributed by atoms with van der Waals surface area (Å²) < 4.78 is 0. The second kappa shape index (κ2) is 8.36. The molecule has 1 saturated heterocycles. The summed E-state index contributed by atoms with van der Waals surface area (Å²) in [6.07, 6.45) is 1.88. The van der Waals surface area contributed by atoms with Crippen molar-refractivity contribution in [3.63, 3.8) is 0 Å². The molecule has 6 nitrogen and oxygen atoms in total. The number of H-pyrrole nitrogens is 1. The molecule has 1 fully saturated rings. The molecule has 2 aromatic heterocycles. The van der Waals surface area contributed by atoms with Gasteiger partial charge in [0.15, 0.2) is 0 Å². The van der Waals surface area contributed by atoms with E-state index in [0.29, 0.717) is 17.1 Å². The summed E-state index contributed by atoms with van der Waals surface area (Å²) in [4.78, 5) is 32.4. The Morgan fingerprint density at radius 2 is 1.97 bits per heavy atom. The number of benzene rings is 2. The van der Waals surface area contributed by atoms with Crippen LogP contribution in [0.1, 0.15) is 46.5 Å². The summed E-state index contributed by atoms with van der Waals surface area (Å²) in [7, 11) is 0. The van der Waals surface area contributed by atoms with Crippen molar-refractivity contribution in [2.24, 2.45) is 0 Å². The van der Waals surface area contributed by atoms with Crippen molar-refractivity contribution in [1.29, 1.82) is 0 Å². The number of nitrogens with zero attached hydrogens (tertiary/aromatic N) is 4. The first-order chi connectivity index (χ1) is 15.5. The molecule has 7 heteroatoms. The maximum atomic E-state index is 13.3. The Labute approximate surface area is 191 Å². The minimum Gasteiger partial charge on any atom is -0.342 e. The highest BCUT2D eigenvalue weighted by atomic mass is 35.5. The molecular formula is C25H24ClN5O. The molecule has 4 aromatic rings. The van der Waals surface area contributed by atoms with Gasteiger partial charge >= 0.3 is 0 Å². The average molecular weight is 446 g/mol. The summed E-state index contributed by atoms with van der Waals surface area (Å²) in [6.45, 7) is 5.24. The number of halogens is 1. The Hall–Kier alpha value is -3.25. The first kappa shape index (κ1) is 20.6. The van der Waals surface area contributed by atoms with E-state index in [2.05, 4.69) is 9.97 Å². The van der Waals surface area contributed by atoms with Gasteiger partial charge in [-0.2, -0.15) is 0 Å². The number of piperidine rings is 1. The average Bonchev–Trinajstić information content (AvgIpc) is 3.17. The normalized spacial score (nSPS) is 16.5. The van der Waals surface area contributed by atoms with Gasteiger partial charge in [-0.1, -0.05) is 23.7 Å². The Morgan fingerprint density at radius 3 is 2.81 bits per heavy atom. The molecule has 0 radical (unpaired) electrons. The minimum atomic E-state index is 0.0339. The monoisotopic (exact) mass is 445 g/mol. The molecule has 0 saturated carbocycles. The summed E-state index contributed by atoms with van der Waals surface area (Å²) >= 11 is 6.18. The minimum absolute atomic E-state index is 0.0339. The number of aromatic nitrogens is 4. The summed E-state index contributed by atoms with van der Waals surface area (Å²) in [5.41, 5.74) is 5.17. The van der Waals surface area contributed by atoms with Crippen LogP contribution in [-0.2, 0) is 0 Å². The van der Waals surface area contributed by atoms with Gasteiger partial charge in [0.1, 0.15) is 11.6 Å². The van der Waals surface area contributed by atoms with E-state index in [1.165, 1.54) is 0 Å². The van der Waals surface area contributed by atoms with Gasteiger partial charge in [0.05, 0.1) is 16.7 Å². The lowest BCUT2D eigenvalue weighted by Crippen LogP contribution is -2.39. The molecule has 0 aliphatic carbocycles. The van der Waals surface area contributed by atoms with Crippen LogP contribution < -0.4 is 0 Å². The number of carbonyl (C=O) groups is 1. The first-order valence-corrected chi connectivity index (χ1v) is 11.2. The molecule has 1 amide bonds. The number of nitrogens with one attached hydrogen (secondary N) is 1. The van der Waals surface area contributed by atoms with E-state index in [9.17, 15) is 4.79 Å². The molecule has 162 valence electrons. The predicted molar refractivity (Wildman–Crippen MR) is 126 cm³/mol. The zero-order chi connectivity index (χ0) is 22.2. The molecule has 0 spiro atoms. The first-order valence-electron chi connectivity index (χ1n) is 10.8. The zero-order valence-electron chi connectivity index (χ0n) is 18.1. The van der Waals surface area contributed by atoms with E-state index in [-0.39, 0.29) is 11.8 Å². The lowest BCUT2D eigenvalue weighted by atomic mass is 9.96. The van der Waals surface area contributed by atoms with Crippen LogP contribution in [0.2, 0.25) is 5.02 Å². The van der Waals surface area contributed by atoms with Gasteiger partial charge in [0.2, 0.25) is 0 Å². The molecule has 0 bridgehead atoms. The maximum Gasteiger partial charge on any atom is 0.253 e. The van der Waals surface area contributed by atoms with Crippen molar-refractivity contribution < 1.29 is 4.79 Å². The van der Waals surface area contributed by atoms with Gasteiger partial charge in [0.25, 0.3) is 5.91 Å². The van der Waals surface area contributed by atoms with E-state index in [1.807, 2.05) is 67.3 Å². The van der Waals surface area contributed by atoms with Gasteiger partial charge in [-0.3, -0.25) is 4.79 Å². The number of hydrogen-bond donors (Lipinski definition) is 1. The highest BCUT2D eigenvalue weighted by Crippen LogP contribution is 2.29. The lowest BCUT2D eigenvalue weighted by molar-refractivity contribution is 0.0704. The fourth-order valence-corrected chi connectivity index (χ4v) is 4.59. The number of hydrogen-bond acceptors (Lipinski definition) is 4. The van der Waals surface area contributed by atoms with Crippen molar-refractivity contribution in [1.82, 2.24) is 24.8 Å². The second-order valence-electron chi connectivity index (χ2n) is 8.41. The van der Waals surface area contributed by atoms with Crippen LogP contribution in [0.3, 0.4) is 0 Å². The number of imidazole rings is 1. The molecule has 1 atom stereocenters. The molecule has 1 N–H and O–H groups in total. The molecular weight excluding hydrogens is 422 g/mol. The molecule has 3 heterocycles. The van der Waals surface area contributed by atoms with Crippen LogP contribution in [0.4, 0.5) is 0 Å². The maximum absolute atomic E-state index is 13.3. The second-order valence-corrected chi connectivity index (χ2v) is 8.84. The molecule has 0 unspecified atom stereocenters. The lowest BCUT2D eigenvalue weighted by Gasteiger charge is -2.32. The van der Waals surface area contributed by atoms with Crippen molar-refractivity contribution in [2.45, 2.75) is 32.6 Å². The summed E-state index contributed by atoms with van der Waals surface area (Å²) in [5, 5.41) is 0.680. The van der Waals surface area contributed by atoms with E-state index >= 15 is 0 Å². The van der Waals surface area contributed by atoms with Crippen LogP contribution in [-0.4, -0.2) is 43.8 Å². The van der Waals surface area contributed by atoms with Gasteiger partial charge in [-0.15, -0.1) is 0 Å². The smallest absolute Gasteiger partial charge is 0.253 e. The fraction of sp³-hybridized carbons (Fsp3) is 0.280. The largest absolute Gasteiger partial charge is 0.342 e. The van der Waals surface area contributed by atoms with Gasteiger partial charge < -0.3 is 9.88 Å². The van der Waals surface area contributed by atoms with E-state index in [4.69, 9.17) is 21.6 Å². The van der Waals surface area contributed by atoms with E-state index < -0.39 is 0 Å². The summed E-state index contributed by atoms with van der Waals surface area (Å²) in [6, 6.07) is 15.3. The topological polar surface area (TPSA) is 74.8 Å². The molecule has 2 aromatic carbocycles. The highest BCUT2D eigenvalue weighted by Gasteiger charge is 2.28. The van der Waals surface area contributed by atoms with E-state index in [1.54, 1.807) is 0 Å². The number of fused-ring (bicyclic) bond motifs is 1. The van der Waals surface area contributed by atoms with Crippen LogP contribution in [0.25, 0.3) is 22.3 Å². The molecule has 1 aliphatic rings. The number of aryl methyl sites for hydroxylation is 2. The van der Waals surface area contributed by atoms with Gasteiger partial charge in [0, 0.05) is 40.9 Å². The van der Waals surface area contributed by atoms with Crippen LogP contribution >= 0.6 is 11.6 Å².